The number of aromatic nitrogens is 5. The Bertz CT molecular complexity index is 705. The second kappa shape index (κ2) is 6.67. The third-order valence-corrected chi connectivity index (χ3v) is 4.97. The molecule has 2 aromatic heterocycles. The molecule has 0 N–H and O–H groups in total. The van der Waals surface area contributed by atoms with Gasteiger partial charge in [0.05, 0.1) is 12.1 Å². The standard InChI is InChI=1S/C17H22N6O/c24-17(22-9-3-1-2-4-10-22)13-6-5-11-23-15(13)20-21-16(23)14-12-18-7-8-19-14/h7-8,12-13H,1-6,9-11H2. The Morgan fingerprint density at radius 2 is 1.83 bits per heavy atom. The molecular weight excluding hydrogens is 304 g/mol. The third-order valence-electron chi connectivity index (χ3n) is 4.97. The summed E-state index contributed by atoms with van der Waals surface area (Å²) in [4.78, 5) is 23.5. The van der Waals surface area contributed by atoms with Crippen LogP contribution >= 0.6 is 0 Å². The van der Waals surface area contributed by atoms with Crippen molar-refractivity contribution in [2.75, 3.05) is 13.1 Å². The molecule has 1 atom stereocenters. The summed E-state index contributed by atoms with van der Waals surface area (Å²) >= 11 is 0. The summed E-state index contributed by atoms with van der Waals surface area (Å²) < 4.78 is 2.05. The molecule has 4 heterocycles. The average Bonchev–Trinajstić information content (AvgIpc) is 2.88. The van der Waals surface area contributed by atoms with E-state index in [9.17, 15) is 4.79 Å². The second-order valence-electron chi connectivity index (χ2n) is 6.56. The van der Waals surface area contributed by atoms with Crippen molar-refractivity contribution in [2.45, 2.75) is 51.0 Å². The predicted octanol–water partition coefficient (Wildman–Crippen LogP) is 2.02. The first-order valence-corrected chi connectivity index (χ1v) is 8.83. The lowest BCUT2D eigenvalue weighted by Crippen LogP contribution is -2.38. The molecule has 1 unspecified atom stereocenters. The number of rotatable bonds is 2. The van der Waals surface area contributed by atoms with Crippen LogP contribution in [-0.2, 0) is 11.3 Å². The number of hydrogen-bond acceptors (Lipinski definition) is 5. The van der Waals surface area contributed by atoms with E-state index in [2.05, 4.69) is 20.2 Å². The van der Waals surface area contributed by atoms with Gasteiger partial charge in [0, 0.05) is 32.0 Å². The normalized spacial score (nSPS) is 21.2. The molecule has 0 aromatic carbocycles. The van der Waals surface area contributed by atoms with E-state index in [4.69, 9.17) is 0 Å². The van der Waals surface area contributed by atoms with Gasteiger partial charge in [-0.1, -0.05) is 12.8 Å². The molecule has 7 nitrogen and oxygen atoms in total. The molecule has 4 rings (SSSR count). The Morgan fingerprint density at radius 1 is 1.00 bits per heavy atom. The Labute approximate surface area is 141 Å². The van der Waals surface area contributed by atoms with Crippen LogP contribution in [0.2, 0.25) is 0 Å². The first-order valence-electron chi connectivity index (χ1n) is 8.83. The molecule has 1 fully saturated rings. The molecule has 1 amide bonds. The number of nitrogens with zero attached hydrogens (tertiary/aromatic N) is 6. The van der Waals surface area contributed by atoms with Crippen molar-refractivity contribution in [1.29, 1.82) is 0 Å². The van der Waals surface area contributed by atoms with E-state index in [0.717, 1.165) is 51.1 Å². The zero-order valence-corrected chi connectivity index (χ0v) is 13.8. The summed E-state index contributed by atoms with van der Waals surface area (Å²) in [5, 5.41) is 8.66. The zero-order chi connectivity index (χ0) is 16.4. The van der Waals surface area contributed by atoms with Gasteiger partial charge in [-0.15, -0.1) is 10.2 Å². The highest BCUT2D eigenvalue weighted by atomic mass is 16.2. The topological polar surface area (TPSA) is 76.8 Å². The lowest BCUT2D eigenvalue weighted by Gasteiger charge is -2.28. The van der Waals surface area contributed by atoms with E-state index in [1.54, 1.807) is 18.6 Å². The number of fused-ring (bicyclic) bond motifs is 1. The van der Waals surface area contributed by atoms with Gasteiger partial charge >= 0.3 is 0 Å². The summed E-state index contributed by atoms with van der Waals surface area (Å²) in [5.41, 5.74) is 0.708. The minimum atomic E-state index is -0.172. The largest absolute Gasteiger partial charge is 0.342 e. The van der Waals surface area contributed by atoms with E-state index in [0.29, 0.717) is 11.5 Å². The summed E-state index contributed by atoms with van der Waals surface area (Å²) in [6, 6.07) is 0. The Hall–Kier alpha value is -2.31. The lowest BCUT2D eigenvalue weighted by molar-refractivity contribution is -0.133. The van der Waals surface area contributed by atoms with Crippen LogP contribution in [0.5, 0.6) is 0 Å². The second-order valence-corrected chi connectivity index (χ2v) is 6.56. The van der Waals surface area contributed by atoms with E-state index in [1.807, 2.05) is 9.47 Å². The van der Waals surface area contributed by atoms with E-state index >= 15 is 0 Å². The third kappa shape index (κ3) is 2.79. The Balaban J connectivity index is 1.62. The molecule has 0 aliphatic carbocycles. The van der Waals surface area contributed by atoms with Crippen molar-refractivity contribution in [2.24, 2.45) is 0 Å². The monoisotopic (exact) mass is 326 g/mol. The van der Waals surface area contributed by atoms with Gasteiger partial charge in [-0.3, -0.25) is 9.78 Å². The Morgan fingerprint density at radius 3 is 2.58 bits per heavy atom. The van der Waals surface area contributed by atoms with E-state index in [-0.39, 0.29) is 11.8 Å². The van der Waals surface area contributed by atoms with Crippen LogP contribution in [0, 0.1) is 0 Å². The maximum Gasteiger partial charge on any atom is 0.233 e. The molecule has 0 bridgehead atoms. The molecule has 0 saturated carbocycles. The van der Waals surface area contributed by atoms with Gasteiger partial charge in [-0.05, 0) is 25.7 Å². The average molecular weight is 326 g/mol. The van der Waals surface area contributed by atoms with Crippen LogP contribution in [-0.4, -0.2) is 48.6 Å². The zero-order valence-electron chi connectivity index (χ0n) is 13.8. The molecule has 1 saturated heterocycles. The fourth-order valence-electron chi connectivity index (χ4n) is 3.73. The van der Waals surface area contributed by atoms with Gasteiger partial charge in [0.25, 0.3) is 0 Å². The van der Waals surface area contributed by atoms with Gasteiger partial charge in [0.2, 0.25) is 5.91 Å². The Kier molecular flexibility index (Phi) is 4.23. The first kappa shape index (κ1) is 15.2. The van der Waals surface area contributed by atoms with Gasteiger partial charge in [-0.25, -0.2) is 4.98 Å². The van der Waals surface area contributed by atoms with Crippen molar-refractivity contribution in [3.05, 3.63) is 24.4 Å². The highest BCUT2D eigenvalue weighted by Crippen LogP contribution is 2.31. The SMILES string of the molecule is O=C(C1CCCn2c(-c3cnccn3)nnc21)N1CCCCCC1. The number of carbonyl (C=O) groups excluding carboxylic acids is 1. The molecule has 2 aliphatic rings. The van der Waals surface area contributed by atoms with Gasteiger partial charge in [-0.2, -0.15) is 0 Å². The van der Waals surface area contributed by atoms with Crippen LogP contribution < -0.4 is 0 Å². The molecule has 7 heteroatoms. The van der Waals surface area contributed by atoms with Gasteiger partial charge in [0.1, 0.15) is 11.5 Å². The fraction of sp³-hybridized carbons (Fsp3) is 0.588. The molecule has 24 heavy (non-hydrogen) atoms. The van der Waals surface area contributed by atoms with Crippen molar-refractivity contribution >= 4 is 5.91 Å². The maximum atomic E-state index is 13.0. The molecule has 0 spiro atoms. The first-order chi connectivity index (χ1) is 11.8. The van der Waals surface area contributed by atoms with Crippen molar-refractivity contribution in [1.82, 2.24) is 29.6 Å². The smallest absolute Gasteiger partial charge is 0.233 e. The lowest BCUT2D eigenvalue weighted by atomic mass is 9.97. The molecule has 2 aromatic rings. The van der Waals surface area contributed by atoms with Crippen molar-refractivity contribution in [3.8, 4) is 11.5 Å². The van der Waals surface area contributed by atoms with Crippen LogP contribution in [0.3, 0.4) is 0 Å². The van der Waals surface area contributed by atoms with Crippen LogP contribution in [0.1, 0.15) is 50.3 Å². The minimum absolute atomic E-state index is 0.172. The molecular formula is C17H22N6O. The van der Waals surface area contributed by atoms with E-state index < -0.39 is 0 Å². The number of amides is 1. The summed E-state index contributed by atoms with van der Waals surface area (Å²) in [7, 11) is 0. The van der Waals surface area contributed by atoms with Gasteiger partial charge < -0.3 is 9.47 Å². The summed E-state index contributed by atoms with van der Waals surface area (Å²) in [5.74, 6) is 1.55. The highest BCUT2D eigenvalue weighted by Gasteiger charge is 2.34. The number of likely N-dealkylation sites (tertiary alicyclic amines) is 1. The van der Waals surface area contributed by atoms with Crippen LogP contribution in [0.4, 0.5) is 0 Å². The quantitative estimate of drug-likeness (QED) is 0.844. The molecule has 2 aliphatic heterocycles. The number of carbonyl (C=O) groups is 1. The number of hydrogen-bond donors (Lipinski definition) is 0. The van der Waals surface area contributed by atoms with Gasteiger partial charge in [0.15, 0.2) is 5.82 Å². The van der Waals surface area contributed by atoms with Crippen molar-refractivity contribution in [3.63, 3.8) is 0 Å². The molecule has 126 valence electrons. The van der Waals surface area contributed by atoms with E-state index in [1.165, 1.54) is 12.8 Å². The fourth-order valence-corrected chi connectivity index (χ4v) is 3.73. The van der Waals surface area contributed by atoms with Crippen molar-refractivity contribution < 1.29 is 4.79 Å². The molecule has 0 radical (unpaired) electrons. The minimum Gasteiger partial charge on any atom is -0.342 e. The predicted molar refractivity (Wildman–Crippen MR) is 88.1 cm³/mol. The highest BCUT2D eigenvalue weighted by molar-refractivity contribution is 5.83. The summed E-state index contributed by atoms with van der Waals surface area (Å²) in [6.07, 6.45) is 11.5. The maximum absolute atomic E-state index is 13.0. The summed E-state index contributed by atoms with van der Waals surface area (Å²) in [6.45, 7) is 2.58. The van der Waals surface area contributed by atoms with Crippen LogP contribution in [0.15, 0.2) is 18.6 Å². The van der Waals surface area contributed by atoms with Crippen LogP contribution in [0.25, 0.3) is 11.5 Å².